The zero-order chi connectivity index (χ0) is 17.2. The Kier molecular flexibility index (Phi) is 5.35. The highest BCUT2D eigenvalue weighted by Crippen LogP contribution is 2.46. The molecule has 1 aliphatic heterocycles. The lowest BCUT2D eigenvalue weighted by Gasteiger charge is -2.35. The minimum absolute atomic E-state index is 0.387. The number of rotatable bonds is 5. The second-order valence-electron chi connectivity index (χ2n) is 6.67. The molecule has 0 atom stereocenters. The summed E-state index contributed by atoms with van der Waals surface area (Å²) in [5.74, 6) is 0. The maximum absolute atomic E-state index is 12.9. The van der Waals surface area contributed by atoms with Crippen LogP contribution < -0.4 is 10.0 Å². The molecule has 0 saturated heterocycles. The van der Waals surface area contributed by atoms with E-state index in [1.165, 1.54) is 6.42 Å². The summed E-state index contributed by atoms with van der Waals surface area (Å²) in [7, 11) is -3.49. The van der Waals surface area contributed by atoms with Crippen LogP contribution in [0.5, 0.6) is 0 Å². The van der Waals surface area contributed by atoms with Crippen molar-refractivity contribution in [2.45, 2.75) is 51.0 Å². The minimum Gasteiger partial charge on any atom is -0.317 e. The Balaban J connectivity index is 2.09. The van der Waals surface area contributed by atoms with E-state index in [-0.39, 0.29) is 5.54 Å². The normalized spacial score (nSPS) is 22.2. The number of halogens is 1. The highest BCUT2D eigenvalue weighted by Gasteiger charge is 2.48. The van der Waals surface area contributed by atoms with E-state index in [9.17, 15) is 8.42 Å². The smallest absolute Gasteiger partial charge is 0.241 e. The molecular weight excluding hydrogens is 344 g/mol. The van der Waals surface area contributed by atoms with Crippen molar-refractivity contribution >= 4 is 26.5 Å². The Morgan fingerprint density at radius 2 is 1.83 bits per heavy atom. The molecule has 1 spiro atoms. The van der Waals surface area contributed by atoms with Crippen molar-refractivity contribution in [3.63, 3.8) is 0 Å². The molecule has 0 unspecified atom stereocenters. The lowest BCUT2D eigenvalue weighted by Crippen LogP contribution is -2.46. The number of benzene rings is 1. The van der Waals surface area contributed by atoms with Gasteiger partial charge in [-0.2, -0.15) is 0 Å². The average Bonchev–Trinajstić information content (AvgIpc) is 2.76. The third-order valence-corrected chi connectivity index (χ3v) is 7.00. The molecule has 0 radical (unpaired) electrons. The fraction of sp³-hybridized carbons (Fsp3) is 0.556. The summed E-state index contributed by atoms with van der Waals surface area (Å²) in [5, 5.41) is 3.94. The van der Waals surface area contributed by atoms with Crippen molar-refractivity contribution in [1.82, 2.24) is 10.0 Å². The molecule has 3 rings (SSSR count). The van der Waals surface area contributed by atoms with Gasteiger partial charge >= 0.3 is 0 Å². The summed E-state index contributed by atoms with van der Waals surface area (Å²) in [6.07, 6.45) is 5.86. The molecule has 4 nitrogen and oxygen atoms in total. The molecule has 1 fully saturated rings. The molecule has 1 heterocycles. The van der Waals surface area contributed by atoms with E-state index in [1.54, 1.807) is 12.1 Å². The van der Waals surface area contributed by atoms with Gasteiger partial charge in [-0.1, -0.05) is 49.9 Å². The van der Waals surface area contributed by atoms with E-state index >= 15 is 0 Å². The Labute approximate surface area is 149 Å². The molecule has 1 aromatic carbocycles. The van der Waals surface area contributed by atoms with Crippen molar-refractivity contribution in [1.29, 1.82) is 0 Å². The second-order valence-corrected chi connectivity index (χ2v) is 8.72. The average molecular weight is 369 g/mol. The Morgan fingerprint density at radius 3 is 2.46 bits per heavy atom. The van der Waals surface area contributed by atoms with E-state index < -0.39 is 10.0 Å². The number of hydrogen-bond acceptors (Lipinski definition) is 3. The maximum atomic E-state index is 12.9. The molecule has 132 valence electrons. The van der Waals surface area contributed by atoms with Crippen molar-refractivity contribution in [2.24, 2.45) is 0 Å². The topological polar surface area (TPSA) is 58.2 Å². The highest BCUT2D eigenvalue weighted by atomic mass is 35.5. The van der Waals surface area contributed by atoms with Crippen LogP contribution in [0.4, 0.5) is 0 Å². The predicted octanol–water partition coefficient (Wildman–Crippen LogP) is 3.69. The van der Waals surface area contributed by atoms with Gasteiger partial charge in [-0.15, -0.1) is 0 Å². The van der Waals surface area contributed by atoms with Gasteiger partial charge in [0.15, 0.2) is 0 Å². The Morgan fingerprint density at radius 1 is 1.17 bits per heavy atom. The third-order valence-electron chi connectivity index (χ3n) is 5.07. The molecule has 2 aliphatic rings. The van der Waals surface area contributed by atoms with E-state index in [4.69, 9.17) is 11.6 Å². The first kappa shape index (κ1) is 17.9. The molecule has 24 heavy (non-hydrogen) atoms. The lowest BCUT2D eigenvalue weighted by atomic mass is 9.75. The van der Waals surface area contributed by atoms with Crippen molar-refractivity contribution in [2.75, 3.05) is 13.1 Å². The van der Waals surface area contributed by atoms with Gasteiger partial charge in [-0.25, -0.2) is 13.1 Å². The van der Waals surface area contributed by atoms with Crippen LogP contribution in [0.15, 0.2) is 29.8 Å². The van der Waals surface area contributed by atoms with Crippen LogP contribution in [0.2, 0.25) is 5.02 Å². The Bertz CT molecular complexity index is 720. The van der Waals surface area contributed by atoms with Crippen LogP contribution in [0.25, 0.3) is 4.91 Å². The monoisotopic (exact) mass is 368 g/mol. The largest absolute Gasteiger partial charge is 0.317 e. The fourth-order valence-corrected chi connectivity index (χ4v) is 6.12. The molecule has 0 amide bonds. The van der Waals surface area contributed by atoms with E-state index in [2.05, 4.69) is 17.0 Å². The zero-order valence-corrected chi connectivity index (χ0v) is 15.6. The predicted molar refractivity (Wildman–Crippen MR) is 99.4 cm³/mol. The number of nitrogens with one attached hydrogen (secondary N) is 2. The van der Waals surface area contributed by atoms with Crippen LogP contribution in [-0.4, -0.2) is 27.0 Å². The first-order valence-corrected chi connectivity index (χ1v) is 10.6. The van der Waals surface area contributed by atoms with Crippen LogP contribution >= 0.6 is 11.6 Å². The molecule has 6 heteroatoms. The van der Waals surface area contributed by atoms with Gasteiger partial charge in [0.2, 0.25) is 10.0 Å². The van der Waals surface area contributed by atoms with Crippen LogP contribution in [-0.2, 0) is 10.0 Å². The summed E-state index contributed by atoms with van der Waals surface area (Å²) < 4.78 is 28.9. The maximum Gasteiger partial charge on any atom is 0.241 e. The van der Waals surface area contributed by atoms with Gasteiger partial charge < -0.3 is 5.32 Å². The van der Waals surface area contributed by atoms with Gasteiger partial charge in [0, 0.05) is 5.02 Å². The van der Waals surface area contributed by atoms with Crippen molar-refractivity contribution in [3.05, 3.63) is 40.4 Å². The van der Waals surface area contributed by atoms with Gasteiger partial charge in [-0.05, 0) is 55.6 Å². The lowest BCUT2D eigenvalue weighted by molar-refractivity contribution is 0.314. The minimum atomic E-state index is -3.49. The molecular formula is C18H25ClN2O2S. The molecule has 1 aliphatic carbocycles. The SMILES string of the molecule is CCNCCC1=C(c2ccc(Cl)cc2)S(=O)(=O)NC12CCCCC2. The van der Waals surface area contributed by atoms with Gasteiger partial charge in [0.05, 0.1) is 10.4 Å². The van der Waals surface area contributed by atoms with Gasteiger partial charge in [0.25, 0.3) is 0 Å². The summed E-state index contributed by atoms with van der Waals surface area (Å²) in [6.45, 7) is 3.74. The number of hydrogen-bond donors (Lipinski definition) is 2. The van der Waals surface area contributed by atoms with Crippen LogP contribution in [0, 0.1) is 0 Å². The molecule has 0 aromatic heterocycles. The summed E-state index contributed by atoms with van der Waals surface area (Å²) in [5.41, 5.74) is 1.40. The third kappa shape index (κ3) is 3.40. The van der Waals surface area contributed by atoms with Gasteiger partial charge in [0.1, 0.15) is 0 Å². The fourth-order valence-electron chi connectivity index (χ4n) is 3.98. The van der Waals surface area contributed by atoms with Crippen LogP contribution in [0.3, 0.4) is 0 Å². The summed E-state index contributed by atoms with van der Waals surface area (Å²) >= 11 is 5.98. The van der Waals surface area contributed by atoms with Crippen molar-refractivity contribution < 1.29 is 8.42 Å². The summed E-state index contributed by atoms with van der Waals surface area (Å²) in [4.78, 5) is 0.471. The molecule has 0 bridgehead atoms. The first-order valence-electron chi connectivity index (χ1n) is 8.73. The Hall–Kier alpha value is -0.880. The van der Waals surface area contributed by atoms with E-state index in [0.717, 1.165) is 56.3 Å². The highest BCUT2D eigenvalue weighted by molar-refractivity contribution is 7.99. The quantitative estimate of drug-likeness (QED) is 0.779. The molecule has 1 aromatic rings. The van der Waals surface area contributed by atoms with Gasteiger partial charge in [-0.3, -0.25) is 0 Å². The molecule has 2 N–H and O–H groups in total. The van der Waals surface area contributed by atoms with Crippen LogP contribution in [0.1, 0.15) is 51.0 Å². The first-order chi connectivity index (χ1) is 11.5. The van der Waals surface area contributed by atoms with Crippen molar-refractivity contribution in [3.8, 4) is 0 Å². The van der Waals surface area contributed by atoms with E-state index in [0.29, 0.717) is 9.93 Å². The zero-order valence-electron chi connectivity index (χ0n) is 14.1. The summed E-state index contributed by atoms with van der Waals surface area (Å²) in [6, 6.07) is 7.14. The number of sulfonamides is 1. The second kappa shape index (κ2) is 7.16. The van der Waals surface area contributed by atoms with E-state index in [1.807, 2.05) is 12.1 Å². The molecule has 1 saturated carbocycles. The standard InChI is InChI=1S/C18H25ClN2O2S/c1-2-20-13-10-16-17(14-6-8-15(19)9-7-14)24(22,23)21-18(16)11-4-3-5-12-18/h6-9,20-21H,2-5,10-13H2,1H3.